The molecule has 9 nitrogen and oxygen atoms in total. The highest BCUT2D eigenvalue weighted by atomic mass is 16.4. The van der Waals surface area contributed by atoms with E-state index in [9.17, 15) is 19.2 Å². The topological polar surface area (TPSA) is 125 Å². The third-order valence-electron chi connectivity index (χ3n) is 4.06. The van der Waals surface area contributed by atoms with E-state index in [0.29, 0.717) is 12.2 Å². The number of rotatable bonds is 6. The van der Waals surface area contributed by atoms with E-state index >= 15 is 0 Å². The van der Waals surface area contributed by atoms with Crippen LogP contribution in [-0.4, -0.2) is 50.0 Å². The van der Waals surface area contributed by atoms with Crippen LogP contribution in [0.4, 0.5) is 0 Å². The van der Waals surface area contributed by atoms with Crippen LogP contribution >= 0.6 is 0 Å². The zero-order chi connectivity index (χ0) is 20.5. The number of aliphatic carboxylic acids is 1. The van der Waals surface area contributed by atoms with Gasteiger partial charge in [0.25, 0.3) is 11.5 Å². The molecule has 0 aromatic carbocycles. The Balaban J connectivity index is 2.87. The second-order valence-corrected chi connectivity index (χ2v) is 7.27. The fraction of sp³-hybridized carbons (Fsp3) is 0.500. The number of carbonyl (C=O) groups excluding carboxylic acids is 1. The van der Waals surface area contributed by atoms with Gasteiger partial charge in [0.1, 0.15) is 6.54 Å². The van der Waals surface area contributed by atoms with E-state index in [-0.39, 0.29) is 28.4 Å². The van der Waals surface area contributed by atoms with Crippen molar-refractivity contribution in [3.05, 3.63) is 38.2 Å². The monoisotopic (exact) mass is 376 g/mol. The molecule has 0 aliphatic carbocycles. The minimum absolute atomic E-state index is 0.0121. The van der Waals surface area contributed by atoms with Crippen molar-refractivity contribution in [1.29, 1.82) is 0 Å². The number of hydrogen-bond donors (Lipinski definition) is 2. The van der Waals surface area contributed by atoms with Gasteiger partial charge in [-0.2, -0.15) is 0 Å². The quantitative estimate of drug-likeness (QED) is 0.775. The van der Waals surface area contributed by atoms with E-state index in [1.54, 1.807) is 0 Å². The number of aromatic amines is 1. The summed E-state index contributed by atoms with van der Waals surface area (Å²) in [6.07, 6.45) is 0. The molecule has 2 aromatic rings. The van der Waals surface area contributed by atoms with Gasteiger partial charge >= 0.3 is 11.7 Å². The van der Waals surface area contributed by atoms with Gasteiger partial charge in [-0.1, -0.05) is 27.7 Å². The SMILES string of the molecule is CC(C)Cn1c(=O)[nH]c(=O)c2c(C(=O)N(C)CC(=O)O)cc(C(C)C)nc21. The highest BCUT2D eigenvalue weighted by Gasteiger charge is 2.23. The van der Waals surface area contributed by atoms with E-state index in [4.69, 9.17) is 5.11 Å². The van der Waals surface area contributed by atoms with Crippen molar-refractivity contribution >= 4 is 22.9 Å². The fourth-order valence-corrected chi connectivity index (χ4v) is 2.77. The molecule has 146 valence electrons. The van der Waals surface area contributed by atoms with E-state index in [1.807, 2.05) is 27.7 Å². The highest BCUT2D eigenvalue weighted by Crippen LogP contribution is 2.21. The Bertz CT molecular complexity index is 1000. The molecule has 0 saturated carbocycles. The molecule has 0 bridgehead atoms. The van der Waals surface area contributed by atoms with E-state index in [2.05, 4.69) is 9.97 Å². The number of H-pyrrole nitrogens is 1. The number of amides is 1. The summed E-state index contributed by atoms with van der Waals surface area (Å²) in [5.74, 6) is -1.74. The minimum Gasteiger partial charge on any atom is -0.480 e. The van der Waals surface area contributed by atoms with Crippen LogP contribution in [0.15, 0.2) is 15.7 Å². The molecular weight excluding hydrogens is 352 g/mol. The molecule has 2 aromatic heterocycles. The van der Waals surface area contributed by atoms with Gasteiger partial charge in [0.2, 0.25) is 0 Å². The maximum Gasteiger partial charge on any atom is 0.330 e. The zero-order valence-electron chi connectivity index (χ0n) is 16.1. The number of likely N-dealkylation sites (N-methyl/N-ethyl adjacent to an activating group) is 1. The van der Waals surface area contributed by atoms with Crippen LogP contribution in [0.1, 0.15) is 49.7 Å². The van der Waals surface area contributed by atoms with E-state index in [0.717, 1.165) is 4.90 Å². The summed E-state index contributed by atoms with van der Waals surface area (Å²) >= 11 is 0. The molecule has 0 aliphatic rings. The number of aromatic nitrogens is 3. The van der Waals surface area contributed by atoms with Crippen LogP contribution in [0.25, 0.3) is 11.0 Å². The Hall–Kier alpha value is -2.97. The second kappa shape index (κ2) is 7.73. The van der Waals surface area contributed by atoms with Gasteiger partial charge in [0.15, 0.2) is 5.65 Å². The standard InChI is InChI=1S/C18H24N4O5/c1-9(2)7-22-15-14(16(25)20-18(22)27)11(6-12(19-15)10(3)4)17(26)21(5)8-13(23)24/h6,9-10H,7-8H2,1-5H3,(H,23,24)(H,20,25,27). The lowest BCUT2D eigenvalue weighted by molar-refractivity contribution is -0.137. The van der Waals surface area contributed by atoms with Crippen molar-refractivity contribution in [2.75, 3.05) is 13.6 Å². The van der Waals surface area contributed by atoms with Crippen LogP contribution in [0.3, 0.4) is 0 Å². The first-order chi connectivity index (χ1) is 12.5. The molecule has 0 aliphatic heterocycles. The van der Waals surface area contributed by atoms with Crippen LogP contribution in [-0.2, 0) is 11.3 Å². The molecular formula is C18H24N4O5. The van der Waals surface area contributed by atoms with Crippen molar-refractivity contribution in [1.82, 2.24) is 19.4 Å². The van der Waals surface area contributed by atoms with Gasteiger partial charge in [-0.3, -0.25) is 23.9 Å². The fourth-order valence-electron chi connectivity index (χ4n) is 2.77. The maximum atomic E-state index is 12.8. The molecule has 0 atom stereocenters. The predicted octanol–water partition coefficient (Wildman–Crippen LogP) is 1.02. The van der Waals surface area contributed by atoms with Crippen molar-refractivity contribution in [3.63, 3.8) is 0 Å². The Labute approximate surface area is 155 Å². The number of nitrogens with zero attached hydrogens (tertiary/aromatic N) is 3. The molecule has 0 fully saturated rings. The lowest BCUT2D eigenvalue weighted by atomic mass is 10.0. The summed E-state index contributed by atoms with van der Waals surface area (Å²) in [6, 6.07) is 1.49. The summed E-state index contributed by atoms with van der Waals surface area (Å²) in [4.78, 5) is 56.3. The van der Waals surface area contributed by atoms with Gasteiger partial charge in [0.05, 0.1) is 10.9 Å². The average molecular weight is 376 g/mol. The minimum atomic E-state index is -1.17. The third kappa shape index (κ3) is 4.24. The molecule has 0 saturated heterocycles. The summed E-state index contributed by atoms with van der Waals surface area (Å²) < 4.78 is 1.35. The van der Waals surface area contributed by atoms with E-state index < -0.39 is 29.7 Å². The lowest BCUT2D eigenvalue weighted by Crippen LogP contribution is -2.36. The largest absolute Gasteiger partial charge is 0.480 e. The van der Waals surface area contributed by atoms with Gasteiger partial charge in [-0.25, -0.2) is 9.78 Å². The molecule has 2 N–H and O–H groups in total. The van der Waals surface area contributed by atoms with Crippen molar-refractivity contribution in [2.45, 2.75) is 40.2 Å². The number of pyridine rings is 1. The number of hydrogen-bond acceptors (Lipinski definition) is 5. The number of carboxylic acid groups (broad SMARTS) is 1. The Kier molecular flexibility index (Phi) is 5.82. The average Bonchev–Trinajstić information content (AvgIpc) is 2.55. The third-order valence-corrected chi connectivity index (χ3v) is 4.06. The Morgan fingerprint density at radius 3 is 2.41 bits per heavy atom. The van der Waals surface area contributed by atoms with Crippen LogP contribution in [0.2, 0.25) is 0 Å². The van der Waals surface area contributed by atoms with Crippen LogP contribution < -0.4 is 11.2 Å². The van der Waals surface area contributed by atoms with Gasteiger partial charge in [0, 0.05) is 19.3 Å². The van der Waals surface area contributed by atoms with Crippen molar-refractivity contribution in [2.24, 2.45) is 5.92 Å². The Morgan fingerprint density at radius 1 is 1.26 bits per heavy atom. The molecule has 27 heavy (non-hydrogen) atoms. The highest BCUT2D eigenvalue weighted by molar-refractivity contribution is 6.05. The molecule has 0 spiro atoms. The molecule has 0 unspecified atom stereocenters. The number of fused-ring (bicyclic) bond motifs is 1. The summed E-state index contributed by atoms with van der Waals surface area (Å²) in [7, 11) is 1.34. The second-order valence-electron chi connectivity index (χ2n) is 7.27. The molecule has 2 rings (SSSR count). The number of carbonyl (C=O) groups is 2. The number of nitrogens with one attached hydrogen (secondary N) is 1. The van der Waals surface area contributed by atoms with E-state index in [1.165, 1.54) is 17.7 Å². The lowest BCUT2D eigenvalue weighted by Gasteiger charge is -2.19. The van der Waals surface area contributed by atoms with Crippen LogP contribution in [0, 0.1) is 5.92 Å². The van der Waals surface area contributed by atoms with Gasteiger partial charge in [-0.05, 0) is 17.9 Å². The first-order valence-corrected chi connectivity index (χ1v) is 8.68. The molecule has 1 amide bonds. The number of carboxylic acids is 1. The first kappa shape index (κ1) is 20.3. The summed E-state index contributed by atoms with van der Waals surface area (Å²) in [5.41, 5.74) is -0.601. The zero-order valence-corrected chi connectivity index (χ0v) is 16.1. The van der Waals surface area contributed by atoms with Crippen molar-refractivity contribution < 1.29 is 14.7 Å². The van der Waals surface area contributed by atoms with Gasteiger partial charge < -0.3 is 10.0 Å². The molecule has 9 heteroatoms. The molecule has 2 heterocycles. The van der Waals surface area contributed by atoms with Crippen LogP contribution in [0.5, 0.6) is 0 Å². The maximum absolute atomic E-state index is 12.8. The smallest absolute Gasteiger partial charge is 0.330 e. The molecule has 0 radical (unpaired) electrons. The van der Waals surface area contributed by atoms with Crippen molar-refractivity contribution in [3.8, 4) is 0 Å². The Morgan fingerprint density at radius 2 is 1.89 bits per heavy atom. The normalized spacial score (nSPS) is 11.4. The predicted molar refractivity (Wildman–Crippen MR) is 100 cm³/mol. The summed E-state index contributed by atoms with van der Waals surface area (Å²) in [6.45, 7) is 7.40. The van der Waals surface area contributed by atoms with Gasteiger partial charge in [-0.15, -0.1) is 0 Å². The summed E-state index contributed by atoms with van der Waals surface area (Å²) in [5, 5.41) is 8.94. The first-order valence-electron chi connectivity index (χ1n) is 8.68.